The number of nitrogens with zero attached hydrogens (tertiary/aromatic N) is 1. The van der Waals surface area contributed by atoms with Crippen molar-refractivity contribution in [3.05, 3.63) is 0 Å². The summed E-state index contributed by atoms with van der Waals surface area (Å²) in [5.74, 6) is 0.858. The zero-order valence-corrected chi connectivity index (χ0v) is 8.71. The number of hydrogen-bond donors (Lipinski definition) is 0. The third kappa shape index (κ3) is 2.20. The fourth-order valence-electron chi connectivity index (χ4n) is 2.21. The molecule has 0 saturated carbocycles. The Morgan fingerprint density at radius 3 is 2.58 bits per heavy atom. The van der Waals surface area contributed by atoms with E-state index in [1.165, 1.54) is 12.8 Å². The van der Waals surface area contributed by atoms with Crippen molar-refractivity contribution in [3.63, 3.8) is 0 Å². The molecule has 1 aliphatic heterocycles. The van der Waals surface area contributed by atoms with Crippen molar-refractivity contribution in [1.82, 2.24) is 4.90 Å². The smallest absolute Gasteiger partial charge is 0.0618 e. The third-order valence-electron chi connectivity index (χ3n) is 3.05. The molecule has 0 aromatic heterocycles. The summed E-state index contributed by atoms with van der Waals surface area (Å²) in [5, 5.41) is 0. The predicted octanol–water partition coefficient (Wildman–Crippen LogP) is 1.75. The molecule has 0 radical (unpaired) electrons. The normalized spacial score (nSPS) is 38.5. The van der Waals surface area contributed by atoms with Crippen molar-refractivity contribution in [2.75, 3.05) is 20.8 Å². The van der Waals surface area contributed by atoms with E-state index in [0.717, 1.165) is 12.5 Å². The predicted molar refractivity (Wildman–Crippen MR) is 51.3 cm³/mol. The van der Waals surface area contributed by atoms with Gasteiger partial charge in [0.2, 0.25) is 0 Å². The van der Waals surface area contributed by atoms with Crippen molar-refractivity contribution < 1.29 is 4.74 Å². The van der Waals surface area contributed by atoms with Crippen LogP contribution < -0.4 is 0 Å². The van der Waals surface area contributed by atoms with Gasteiger partial charge in [-0.05, 0) is 32.7 Å². The van der Waals surface area contributed by atoms with E-state index in [-0.39, 0.29) is 0 Å². The van der Waals surface area contributed by atoms with Crippen molar-refractivity contribution >= 4 is 0 Å². The monoisotopic (exact) mass is 171 g/mol. The molecule has 0 aromatic rings. The number of hydrogen-bond acceptors (Lipinski definition) is 2. The van der Waals surface area contributed by atoms with Crippen LogP contribution in [-0.4, -0.2) is 37.7 Å². The summed E-state index contributed by atoms with van der Waals surface area (Å²) < 4.78 is 5.21. The van der Waals surface area contributed by atoms with Gasteiger partial charge in [0.05, 0.1) is 6.61 Å². The van der Waals surface area contributed by atoms with Crippen LogP contribution in [0.5, 0.6) is 0 Å². The van der Waals surface area contributed by atoms with E-state index >= 15 is 0 Å². The highest BCUT2D eigenvalue weighted by molar-refractivity contribution is 4.82. The van der Waals surface area contributed by atoms with Crippen LogP contribution in [0.4, 0.5) is 0 Å². The molecule has 12 heavy (non-hydrogen) atoms. The largest absolute Gasteiger partial charge is 0.383 e. The Morgan fingerprint density at radius 2 is 2.00 bits per heavy atom. The zero-order chi connectivity index (χ0) is 9.14. The van der Waals surface area contributed by atoms with Gasteiger partial charge in [-0.15, -0.1) is 0 Å². The van der Waals surface area contributed by atoms with E-state index in [1.54, 1.807) is 7.11 Å². The topological polar surface area (TPSA) is 12.5 Å². The first-order valence-electron chi connectivity index (χ1n) is 4.86. The van der Waals surface area contributed by atoms with Gasteiger partial charge in [-0.25, -0.2) is 0 Å². The molecule has 0 amide bonds. The van der Waals surface area contributed by atoms with Gasteiger partial charge in [0.25, 0.3) is 0 Å². The van der Waals surface area contributed by atoms with E-state index in [2.05, 4.69) is 25.8 Å². The lowest BCUT2D eigenvalue weighted by Crippen LogP contribution is -2.47. The lowest BCUT2D eigenvalue weighted by atomic mass is 9.89. The maximum atomic E-state index is 5.21. The Morgan fingerprint density at radius 1 is 1.33 bits per heavy atom. The summed E-state index contributed by atoms with van der Waals surface area (Å²) in [6.45, 7) is 5.52. The molecular weight excluding hydrogens is 150 g/mol. The molecule has 1 heterocycles. The molecule has 1 fully saturated rings. The Kier molecular flexibility index (Phi) is 3.53. The molecule has 1 rings (SSSR count). The number of rotatable bonds is 2. The zero-order valence-electron chi connectivity index (χ0n) is 8.71. The number of likely N-dealkylation sites (N-methyl/N-ethyl adjacent to an activating group) is 1. The van der Waals surface area contributed by atoms with Gasteiger partial charge in [-0.1, -0.05) is 6.92 Å². The van der Waals surface area contributed by atoms with Crippen LogP contribution >= 0.6 is 0 Å². The van der Waals surface area contributed by atoms with Crippen molar-refractivity contribution in [3.8, 4) is 0 Å². The fraction of sp³-hybridized carbons (Fsp3) is 1.00. The van der Waals surface area contributed by atoms with Gasteiger partial charge in [0.15, 0.2) is 0 Å². The first kappa shape index (κ1) is 10.0. The fourth-order valence-corrected chi connectivity index (χ4v) is 2.21. The standard InChI is InChI=1S/C10H21NO/c1-8-5-9(2)11(3)10(6-8)7-12-4/h8-10H,5-7H2,1-4H3. The maximum Gasteiger partial charge on any atom is 0.0618 e. The van der Waals surface area contributed by atoms with Gasteiger partial charge >= 0.3 is 0 Å². The minimum absolute atomic E-state index is 0.633. The molecule has 3 unspecified atom stereocenters. The second-order valence-corrected chi connectivity index (χ2v) is 4.20. The van der Waals surface area contributed by atoms with E-state index < -0.39 is 0 Å². The summed E-state index contributed by atoms with van der Waals surface area (Å²) in [6, 6.07) is 1.35. The van der Waals surface area contributed by atoms with Crippen LogP contribution in [0.25, 0.3) is 0 Å². The Hall–Kier alpha value is -0.0800. The molecule has 2 nitrogen and oxygen atoms in total. The maximum absolute atomic E-state index is 5.21. The minimum atomic E-state index is 0.633. The molecular formula is C10H21NO. The van der Waals surface area contributed by atoms with E-state index in [0.29, 0.717) is 12.1 Å². The number of likely N-dealkylation sites (tertiary alicyclic amines) is 1. The molecule has 3 atom stereocenters. The highest BCUT2D eigenvalue weighted by Crippen LogP contribution is 2.25. The van der Waals surface area contributed by atoms with Gasteiger partial charge in [-0.2, -0.15) is 0 Å². The lowest BCUT2D eigenvalue weighted by Gasteiger charge is -2.40. The average molecular weight is 171 g/mol. The second-order valence-electron chi connectivity index (χ2n) is 4.20. The summed E-state index contributed by atoms with van der Waals surface area (Å²) >= 11 is 0. The van der Waals surface area contributed by atoms with Crippen LogP contribution in [0.15, 0.2) is 0 Å². The molecule has 0 aromatic carbocycles. The van der Waals surface area contributed by atoms with E-state index in [1.807, 2.05) is 0 Å². The van der Waals surface area contributed by atoms with Gasteiger partial charge in [0.1, 0.15) is 0 Å². The lowest BCUT2D eigenvalue weighted by molar-refractivity contribution is 0.0351. The summed E-state index contributed by atoms with van der Waals surface area (Å²) in [7, 11) is 4.00. The highest BCUT2D eigenvalue weighted by atomic mass is 16.5. The number of piperidine rings is 1. The van der Waals surface area contributed by atoms with Gasteiger partial charge in [0, 0.05) is 19.2 Å². The Bertz CT molecular complexity index is 138. The molecule has 2 heteroatoms. The van der Waals surface area contributed by atoms with E-state index in [9.17, 15) is 0 Å². The van der Waals surface area contributed by atoms with Crippen LogP contribution in [0.1, 0.15) is 26.7 Å². The summed E-state index contributed by atoms with van der Waals surface area (Å²) in [4.78, 5) is 2.45. The summed E-state index contributed by atoms with van der Waals surface area (Å²) in [6.07, 6.45) is 2.62. The third-order valence-corrected chi connectivity index (χ3v) is 3.05. The Labute approximate surface area is 75.9 Å². The molecule has 0 bridgehead atoms. The Balaban J connectivity index is 2.47. The molecule has 0 spiro atoms. The van der Waals surface area contributed by atoms with Crippen LogP contribution in [0.2, 0.25) is 0 Å². The van der Waals surface area contributed by atoms with Crippen molar-refractivity contribution in [2.24, 2.45) is 5.92 Å². The van der Waals surface area contributed by atoms with Gasteiger partial charge < -0.3 is 4.74 Å². The quantitative estimate of drug-likeness (QED) is 0.627. The van der Waals surface area contributed by atoms with Crippen molar-refractivity contribution in [1.29, 1.82) is 0 Å². The minimum Gasteiger partial charge on any atom is -0.383 e. The van der Waals surface area contributed by atoms with Crippen LogP contribution in [-0.2, 0) is 4.74 Å². The molecule has 72 valence electrons. The highest BCUT2D eigenvalue weighted by Gasteiger charge is 2.28. The molecule has 1 aliphatic rings. The van der Waals surface area contributed by atoms with Crippen LogP contribution in [0, 0.1) is 5.92 Å². The van der Waals surface area contributed by atoms with Crippen molar-refractivity contribution in [2.45, 2.75) is 38.8 Å². The molecule has 1 saturated heterocycles. The summed E-state index contributed by atoms with van der Waals surface area (Å²) in [5.41, 5.74) is 0. The first-order chi connectivity index (χ1) is 5.65. The molecule has 0 N–H and O–H groups in total. The molecule has 0 aliphatic carbocycles. The van der Waals surface area contributed by atoms with Crippen LogP contribution in [0.3, 0.4) is 0 Å². The SMILES string of the molecule is COCC1CC(C)CC(C)N1C. The van der Waals surface area contributed by atoms with E-state index in [4.69, 9.17) is 4.74 Å². The second kappa shape index (κ2) is 4.24. The number of ether oxygens (including phenoxy) is 1. The van der Waals surface area contributed by atoms with Gasteiger partial charge in [-0.3, -0.25) is 4.90 Å². The average Bonchev–Trinajstić information content (AvgIpc) is 2.00. The first-order valence-corrected chi connectivity index (χ1v) is 4.86. The number of methoxy groups -OCH3 is 1.